The van der Waals surface area contributed by atoms with Gasteiger partial charge in [0.15, 0.2) is 5.69 Å². The highest BCUT2D eigenvalue weighted by Gasteiger charge is 2.32. The van der Waals surface area contributed by atoms with E-state index in [1.807, 2.05) is 48.7 Å². The predicted octanol–water partition coefficient (Wildman–Crippen LogP) is 1.36. The zero-order chi connectivity index (χ0) is 34.6. The van der Waals surface area contributed by atoms with Gasteiger partial charge in [0.05, 0.1) is 0 Å². The molecule has 2 aliphatic rings. The first-order chi connectivity index (χ1) is 23.0. The molecular weight excluding hydrogens is 620 g/mol. The molecule has 48 heavy (non-hydrogen) atoms. The third kappa shape index (κ3) is 10.2. The number of hydrogen-bond donors (Lipinski definition) is 6. The van der Waals surface area contributed by atoms with Crippen molar-refractivity contribution in [1.29, 1.82) is 0 Å². The lowest BCUT2D eigenvalue weighted by molar-refractivity contribution is -0.134. The van der Waals surface area contributed by atoms with Crippen molar-refractivity contribution in [1.82, 2.24) is 41.1 Å². The molecule has 0 unspecified atom stereocenters. The van der Waals surface area contributed by atoms with E-state index in [-0.39, 0.29) is 23.2 Å². The topological polar surface area (TPSA) is 210 Å². The van der Waals surface area contributed by atoms with Crippen molar-refractivity contribution in [2.45, 2.75) is 77.5 Å². The number of carboxylic acids is 1. The number of nitrogens with one attached hydrogen (secondary N) is 5. The number of carbonyl (C=O) groups excluding carboxylic acids is 4. The monoisotopic (exact) mass is 664 g/mol. The van der Waals surface area contributed by atoms with Crippen LogP contribution in [0, 0.1) is 5.92 Å². The average molecular weight is 665 g/mol. The van der Waals surface area contributed by atoms with Crippen molar-refractivity contribution in [3.05, 3.63) is 71.5 Å². The summed E-state index contributed by atoms with van der Waals surface area (Å²) < 4.78 is 7.62. The second kappa shape index (κ2) is 17.2. The molecule has 0 saturated carbocycles. The summed E-state index contributed by atoms with van der Waals surface area (Å²) >= 11 is 0. The van der Waals surface area contributed by atoms with E-state index in [0.29, 0.717) is 45.2 Å². The highest BCUT2D eigenvalue weighted by Crippen LogP contribution is 2.20. The Morgan fingerprint density at radius 1 is 1.04 bits per heavy atom. The molecule has 1 aromatic carbocycles. The lowest BCUT2D eigenvalue weighted by Crippen LogP contribution is -2.56. The third-order valence-corrected chi connectivity index (χ3v) is 7.87. The van der Waals surface area contributed by atoms with Gasteiger partial charge in [-0.3, -0.25) is 24.0 Å². The van der Waals surface area contributed by atoms with Crippen LogP contribution in [0.3, 0.4) is 0 Å². The minimum atomic E-state index is -0.907. The summed E-state index contributed by atoms with van der Waals surface area (Å²) in [7, 11) is 0. The molecule has 2 aliphatic heterocycles. The Kier molecular flexibility index (Phi) is 12.8. The van der Waals surface area contributed by atoms with Crippen LogP contribution in [0.25, 0.3) is 0 Å². The lowest BCUT2D eigenvalue weighted by Gasteiger charge is -2.27. The van der Waals surface area contributed by atoms with Crippen LogP contribution in [0.5, 0.6) is 0 Å². The van der Waals surface area contributed by atoms with Gasteiger partial charge in [0, 0.05) is 52.1 Å². The number of hydrogen-bond acceptors (Lipinski definition) is 9. The number of amides is 4. The number of aliphatic carboxylic acids is 1. The quantitative estimate of drug-likeness (QED) is 0.231. The van der Waals surface area contributed by atoms with Crippen molar-refractivity contribution in [2.75, 3.05) is 19.6 Å². The number of fused-ring (bicyclic) bond motifs is 3. The zero-order valence-electron chi connectivity index (χ0n) is 27.5. The Hall–Kier alpha value is -5.05. The minimum absolute atomic E-state index is 0.118. The largest absolute Gasteiger partial charge is 0.481 e. The summed E-state index contributed by atoms with van der Waals surface area (Å²) in [5.74, 6) is -1.84. The van der Waals surface area contributed by atoms with Gasteiger partial charge in [-0.2, -0.15) is 0 Å². The Labute approximate surface area is 278 Å². The first-order valence-electron chi connectivity index (χ1n) is 16.2. The van der Waals surface area contributed by atoms with Gasteiger partial charge < -0.3 is 40.7 Å². The molecule has 2 bridgehead atoms. The van der Waals surface area contributed by atoms with E-state index >= 15 is 0 Å². The molecule has 0 spiro atoms. The van der Waals surface area contributed by atoms with Gasteiger partial charge in [-0.25, -0.2) is 9.97 Å². The first-order valence-corrected chi connectivity index (χ1v) is 16.2. The Morgan fingerprint density at radius 2 is 1.79 bits per heavy atom. The fraction of sp³-hybridized carbons (Fsp3) is 0.485. The highest BCUT2D eigenvalue weighted by atomic mass is 16.4. The molecule has 3 aromatic rings. The number of carboxylic acid groups (broad SMARTS) is 1. The fourth-order valence-electron chi connectivity index (χ4n) is 5.40. The molecular formula is C33H44N8O7. The van der Waals surface area contributed by atoms with Gasteiger partial charge in [0.1, 0.15) is 35.9 Å². The van der Waals surface area contributed by atoms with Crippen LogP contribution in [0.15, 0.2) is 47.2 Å². The minimum Gasteiger partial charge on any atom is -0.481 e. The van der Waals surface area contributed by atoms with Crippen LogP contribution in [-0.2, 0) is 33.8 Å². The van der Waals surface area contributed by atoms with E-state index in [1.165, 1.54) is 6.26 Å². The van der Waals surface area contributed by atoms with Crippen LogP contribution < -0.4 is 26.6 Å². The van der Waals surface area contributed by atoms with Crippen LogP contribution in [0.4, 0.5) is 0 Å². The number of benzene rings is 1. The number of imidazole rings is 1. The molecule has 3 atom stereocenters. The maximum absolute atomic E-state index is 13.7. The van der Waals surface area contributed by atoms with Crippen LogP contribution in [0.2, 0.25) is 0 Å². The van der Waals surface area contributed by atoms with E-state index < -0.39 is 47.7 Å². The smallest absolute Gasteiger partial charge is 0.300 e. The summed E-state index contributed by atoms with van der Waals surface area (Å²) in [6.45, 7) is 7.38. The molecule has 5 rings (SSSR count). The normalized spacial score (nSPS) is 20.6. The number of aromatic nitrogens is 3. The van der Waals surface area contributed by atoms with Gasteiger partial charge in [0.2, 0.25) is 17.7 Å². The van der Waals surface area contributed by atoms with Crippen LogP contribution in [0.1, 0.15) is 84.3 Å². The molecule has 2 aromatic heterocycles. The van der Waals surface area contributed by atoms with Crippen LogP contribution >= 0.6 is 0 Å². The molecule has 0 fully saturated rings. The maximum atomic E-state index is 13.7. The van der Waals surface area contributed by atoms with Gasteiger partial charge >= 0.3 is 0 Å². The van der Waals surface area contributed by atoms with Gasteiger partial charge in [-0.05, 0) is 30.7 Å². The summed E-state index contributed by atoms with van der Waals surface area (Å²) in [6, 6.07) is 7.02. The zero-order valence-corrected chi connectivity index (χ0v) is 27.5. The molecule has 15 nitrogen and oxygen atoms in total. The van der Waals surface area contributed by atoms with Crippen molar-refractivity contribution in [3.63, 3.8) is 0 Å². The van der Waals surface area contributed by atoms with Gasteiger partial charge in [-0.1, -0.05) is 44.2 Å². The van der Waals surface area contributed by atoms with Crippen LogP contribution in [-0.4, -0.2) is 81.0 Å². The molecule has 0 saturated heterocycles. The molecule has 258 valence electrons. The third-order valence-electron chi connectivity index (χ3n) is 7.87. The molecule has 6 N–H and O–H groups in total. The standard InChI is InChI=1S/C31H40N8O5.C2H4O2/c1-19(2)26-30(43)36-22(16-20-8-4-3-5-9-20)31-37-24(18-44-31)27(40)33-12-7-6-10-21(28(41)38-26)35-29(42)23-17-39-15-14-32-13-11-25(39)34-23;1-2(3)4/h3-5,8-9,17-19,21-22,26,32H,6-7,10-16H2,1-2H3,(H,33,40)(H,35,42)(H,36,43)(H,38,41);1H3,(H,3,4)/t21-,22+,26-;/m0./s1. The van der Waals surface area contributed by atoms with E-state index in [2.05, 4.69) is 36.6 Å². The Balaban J connectivity index is 0.00000123. The van der Waals surface area contributed by atoms with Crippen molar-refractivity contribution < 1.29 is 33.5 Å². The van der Waals surface area contributed by atoms with Crippen molar-refractivity contribution in [3.8, 4) is 0 Å². The summed E-state index contributed by atoms with van der Waals surface area (Å²) in [5.41, 5.74) is 1.30. The van der Waals surface area contributed by atoms with E-state index in [9.17, 15) is 19.2 Å². The number of nitrogens with zero attached hydrogens (tertiary/aromatic N) is 3. The lowest BCUT2D eigenvalue weighted by atomic mass is 10.00. The average Bonchev–Trinajstić information content (AvgIpc) is 3.64. The van der Waals surface area contributed by atoms with Gasteiger partial charge in [0.25, 0.3) is 17.8 Å². The Morgan fingerprint density at radius 3 is 2.52 bits per heavy atom. The number of carbonyl (C=O) groups is 5. The van der Waals surface area contributed by atoms with Gasteiger partial charge in [-0.15, -0.1) is 0 Å². The van der Waals surface area contributed by atoms with Crippen molar-refractivity contribution in [2.24, 2.45) is 5.92 Å². The van der Waals surface area contributed by atoms with E-state index in [4.69, 9.17) is 14.3 Å². The Bertz CT molecular complexity index is 1540. The molecule has 4 amide bonds. The maximum Gasteiger partial charge on any atom is 0.300 e. The van der Waals surface area contributed by atoms with E-state index in [1.54, 1.807) is 6.20 Å². The fourth-order valence-corrected chi connectivity index (χ4v) is 5.40. The molecule has 4 heterocycles. The number of rotatable bonds is 5. The molecule has 0 aliphatic carbocycles. The van der Waals surface area contributed by atoms with Crippen molar-refractivity contribution >= 4 is 29.6 Å². The first kappa shape index (κ1) is 35.8. The second-order valence-corrected chi connectivity index (χ2v) is 12.1. The summed E-state index contributed by atoms with van der Waals surface area (Å²) in [5, 5.41) is 22.3. The number of oxazole rings is 1. The highest BCUT2D eigenvalue weighted by molar-refractivity contribution is 5.97. The second-order valence-electron chi connectivity index (χ2n) is 12.1. The predicted molar refractivity (Wildman–Crippen MR) is 174 cm³/mol. The van der Waals surface area contributed by atoms with E-state index in [0.717, 1.165) is 31.4 Å². The summed E-state index contributed by atoms with van der Waals surface area (Å²) in [6.07, 6.45) is 5.46. The molecule has 15 heteroatoms. The molecule has 0 radical (unpaired) electrons. The summed E-state index contributed by atoms with van der Waals surface area (Å²) in [4.78, 5) is 71.3. The SMILES string of the molecule is CC(=O)O.CC(C)[C@@H]1NC(=O)[C@@H](NC(=O)c2cn3c(n2)CCNCC3)CCCCNC(=O)c2coc(n2)[C@@H](Cc2ccccc2)NC1=O.